The third-order valence-electron chi connectivity index (χ3n) is 3.15. The van der Waals surface area contributed by atoms with Gasteiger partial charge in [-0.05, 0) is 29.8 Å². The lowest BCUT2D eigenvalue weighted by Crippen LogP contribution is -1.99. The molecule has 3 rings (SSSR count). The summed E-state index contributed by atoms with van der Waals surface area (Å²) in [5, 5.41) is 0.712. The summed E-state index contributed by atoms with van der Waals surface area (Å²) in [6.45, 7) is 1.11. The topological polar surface area (TPSA) is 31.4 Å². The molecule has 0 saturated carbocycles. The predicted octanol–water partition coefficient (Wildman–Crippen LogP) is 3.99. The van der Waals surface area contributed by atoms with E-state index in [1.54, 1.807) is 6.20 Å². The summed E-state index contributed by atoms with van der Waals surface area (Å²) in [6.07, 6.45) is 2.57. The number of pyridine rings is 1. The van der Waals surface area contributed by atoms with Crippen LogP contribution in [0.5, 0.6) is 11.5 Å². The number of nitrogens with zero attached hydrogens (tertiary/aromatic N) is 1. The highest BCUT2D eigenvalue weighted by Gasteiger charge is 2.17. The van der Waals surface area contributed by atoms with Crippen LogP contribution in [-0.2, 0) is 18.9 Å². The largest absolute Gasteiger partial charge is 0.493 e. The SMILES string of the molecule is ClCc1ccc(OCc2cc(Cl)cc3c2OCC3)cn1. The zero-order valence-electron chi connectivity index (χ0n) is 10.7. The van der Waals surface area contributed by atoms with Gasteiger partial charge in [0.2, 0.25) is 0 Å². The minimum Gasteiger partial charge on any atom is -0.493 e. The number of alkyl halides is 1. The van der Waals surface area contributed by atoms with Gasteiger partial charge in [-0.15, -0.1) is 11.6 Å². The van der Waals surface area contributed by atoms with E-state index in [0.717, 1.165) is 29.0 Å². The Hall–Kier alpha value is -1.45. The fourth-order valence-corrected chi connectivity index (χ4v) is 2.61. The second-order valence-electron chi connectivity index (χ2n) is 4.56. The molecule has 0 aliphatic carbocycles. The summed E-state index contributed by atoms with van der Waals surface area (Å²) in [6, 6.07) is 7.54. The first-order valence-corrected chi connectivity index (χ1v) is 7.25. The van der Waals surface area contributed by atoms with Crippen LogP contribution in [0.1, 0.15) is 16.8 Å². The molecule has 0 amide bonds. The van der Waals surface area contributed by atoms with Gasteiger partial charge in [-0.1, -0.05) is 11.6 Å². The molecule has 0 N–H and O–H groups in total. The number of rotatable bonds is 4. The lowest BCUT2D eigenvalue weighted by atomic mass is 10.1. The van der Waals surface area contributed by atoms with Gasteiger partial charge in [-0.2, -0.15) is 0 Å². The molecule has 0 fully saturated rings. The van der Waals surface area contributed by atoms with Crippen LogP contribution in [0.15, 0.2) is 30.5 Å². The van der Waals surface area contributed by atoms with Crippen molar-refractivity contribution in [3.8, 4) is 11.5 Å². The van der Waals surface area contributed by atoms with Gasteiger partial charge in [0.1, 0.15) is 18.1 Å². The van der Waals surface area contributed by atoms with Crippen molar-refractivity contribution in [3.63, 3.8) is 0 Å². The van der Waals surface area contributed by atoms with E-state index in [2.05, 4.69) is 4.98 Å². The van der Waals surface area contributed by atoms with Gasteiger partial charge in [0.25, 0.3) is 0 Å². The van der Waals surface area contributed by atoms with Crippen molar-refractivity contribution in [2.24, 2.45) is 0 Å². The van der Waals surface area contributed by atoms with Gasteiger partial charge in [0, 0.05) is 17.0 Å². The number of hydrogen-bond acceptors (Lipinski definition) is 3. The molecule has 2 heterocycles. The van der Waals surface area contributed by atoms with Crippen LogP contribution in [0, 0.1) is 0 Å². The fraction of sp³-hybridized carbons (Fsp3) is 0.267. The molecule has 1 aliphatic heterocycles. The Morgan fingerprint density at radius 3 is 2.95 bits per heavy atom. The van der Waals surface area contributed by atoms with Crippen LogP contribution < -0.4 is 9.47 Å². The van der Waals surface area contributed by atoms with E-state index in [-0.39, 0.29) is 0 Å². The van der Waals surface area contributed by atoms with Crippen molar-refractivity contribution >= 4 is 23.2 Å². The van der Waals surface area contributed by atoms with Crippen LogP contribution in [0.25, 0.3) is 0 Å². The zero-order chi connectivity index (χ0) is 13.9. The summed E-state index contributed by atoms with van der Waals surface area (Å²) in [7, 11) is 0. The number of aromatic nitrogens is 1. The highest BCUT2D eigenvalue weighted by molar-refractivity contribution is 6.30. The van der Waals surface area contributed by atoms with Crippen molar-refractivity contribution < 1.29 is 9.47 Å². The number of benzene rings is 1. The Labute approximate surface area is 127 Å². The molecule has 1 aliphatic rings. The molecular weight excluding hydrogens is 297 g/mol. The molecular formula is C15H13Cl2NO2. The second-order valence-corrected chi connectivity index (χ2v) is 5.26. The number of halogens is 2. The number of ether oxygens (including phenoxy) is 2. The van der Waals surface area contributed by atoms with Crippen molar-refractivity contribution in [3.05, 3.63) is 52.3 Å². The van der Waals surface area contributed by atoms with Gasteiger partial charge in [0.05, 0.1) is 24.4 Å². The minimum absolute atomic E-state index is 0.399. The van der Waals surface area contributed by atoms with Gasteiger partial charge < -0.3 is 9.47 Å². The Bertz CT molecular complexity index is 614. The molecule has 0 radical (unpaired) electrons. The van der Waals surface area contributed by atoms with Crippen molar-refractivity contribution in [1.29, 1.82) is 0 Å². The summed E-state index contributed by atoms with van der Waals surface area (Å²) < 4.78 is 11.4. The third-order valence-corrected chi connectivity index (χ3v) is 3.65. The van der Waals surface area contributed by atoms with Crippen molar-refractivity contribution in [2.45, 2.75) is 18.9 Å². The van der Waals surface area contributed by atoms with Gasteiger partial charge in [-0.3, -0.25) is 4.98 Å². The summed E-state index contributed by atoms with van der Waals surface area (Å²) in [4.78, 5) is 4.19. The summed E-state index contributed by atoms with van der Waals surface area (Å²) >= 11 is 11.8. The molecule has 1 aromatic carbocycles. The highest BCUT2D eigenvalue weighted by Crippen LogP contribution is 2.33. The van der Waals surface area contributed by atoms with E-state index in [4.69, 9.17) is 32.7 Å². The molecule has 0 saturated heterocycles. The first kappa shape index (κ1) is 13.5. The first-order chi connectivity index (χ1) is 9.76. The quantitative estimate of drug-likeness (QED) is 0.800. The monoisotopic (exact) mass is 309 g/mol. The first-order valence-electron chi connectivity index (χ1n) is 6.34. The molecule has 0 bridgehead atoms. The standard InChI is InChI=1S/C15H13Cl2NO2/c16-7-13-1-2-14(8-18-13)20-9-11-6-12(17)5-10-3-4-19-15(10)11/h1-2,5-6,8H,3-4,7,9H2. The molecule has 3 nitrogen and oxygen atoms in total. The van der Waals surface area contributed by atoms with E-state index in [0.29, 0.717) is 29.9 Å². The molecule has 0 unspecified atom stereocenters. The molecule has 104 valence electrons. The Kier molecular flexibility index (Phi) is 3.99. The van der Waals surface area contributed by atoms with Crippen LogP contribution in [0.4, 0.5) is 0 Å². The lowest BCUT2D eigenvalue weighted by Gasteiger charge is -2.10. The van der Waals surface area contributed by atoms with Gasteiger partial charge in [-0.25, -0.2) is 0 Å². The van der Waals surface area contributed by atoms with E-state index >= 15 is 0 Å². The maximum absolute atomic E-state index is 6.11. The zero-order valence-corrected chi connectivity index (χ0v) is 12.2. The Morgan fingerprint density at radius 2 is 2.20 bits per heavy atom. The molecule has 20 heavy (non-hydrogen) atoms. The number of hydrogen-bond donors (Lipinski definition) is 0. The molecule has 0 atom stereocenters. The Balaban J connectivity index is 1.75. The van der Waals surface area contributed by atoms with Crippen LogP contribution in [0.3, 0.4) is 0 Å². The highest BCUT2D eigenvalue weighted by atomic mass is 35.5. The van der Waals surface area contributed by atoms with Crippen LogP contribution >= 0.6 is 23.2 Å². The van der Waals surface area contributed by atoms with Crippen molar-refractivity contribution in [1.82, 2.24) is 4.98 Å². The van der Waals surface area contributed by atoms with Crippen LogP contribution in [0.2, 0.25) is 5.02 Å². The fourth-order valence-electron chi connectivity index (χ4n) is 2.19. The smallest absolute Gasteiger partial charge is 0.138 e. The molecule has 5 heteroatoms. The summed E-state index contributed by atoms with van der Waals surface area (Å²) in [5.41, 5.74) is 2.93. The van der Waals surface area contributed by atoms with Gasteiger partial charge >= 0.3 is 0 Å². The average molecular weight is 310 g/mol. The van der Waals surface area contributed by atoms with E-state index < -0.39 is 0 Å². The average Bonchev–Trinajstić information content (AvgIpc) is 2.93. The normalized spacial score (nSPS) is 12.9. The minimum atomic E-state index is 0.399. The third kappa shape index (κ3) is 2.84. The summed E-state index contributed by atoms with van der Waals surface area (Å²) in [5.74, 6) is 2.00. The van der Waals surface area contributed by atoms with Crippen molar-refractivity contribution in [2.75, 3.05) is 6.61 Å². The second kappa shape index (κ2) is 5.90. The molecule has 1 aromatic heterocycles. The maximum atomic E-state index is 6.11. The lowest BCUT2D eigenvalue weighted by molar-refractivity contribution is 0.291. The number of fused-ring (bicyclic) bond motifs is 1. The van der Waals surface area contributed by atoms with E-state index in [1.165, 1.54) is 0 Å². The maximum Gasteiger partial charge on any atom is 0.138 e. The molecule has 2 aromatic rings. The van der Waals surface area contributed by atoms with E-state index in [1.807, 2.05) is 24.3 Å². The van der Waals surface area contributed by atoms with Crippen LogP contribution in [-0.4, -0.2) is 11.6 Å². The predicted molar refractivity (Wildman–Crippen MR) is 78.8 cm³/mol. The molecule has 0 spiro atoms. The Morgan fingerprint density at radius 1 is 1.30 bits per heavy atom. The van der Waals surface area contributed by atoms with Gasteiger partial charge in [0.15, 0.2) is 0 Å². The van der Waals surface area contributed by atoms with E-state index in [9.17, 15) is 0 Å².